The maximum atomic E-state index is 3.77. The summed E-state index contributed by atoms with van der Waals surface area (Å²) in [7, 11) is 1.68. The Kier molecular flexibility index (Phi) is 3.76. The van der Waals surface area contributed by atoms with E-state index in [-0.39, 0.29) is 0 Å². The number of hydrogen-bond acceptors (Lipinski definition) is 1. The third-order valence-electron chi connectivity index (χ3n) is 0.477. The lowest BCUT2D eigenvalue weighted by Gasteiger charge is -1.77. The van der Waals surface area contributed by atoms with E-state index in [1.807, 2.05) is 6.92 Å². The lowest BCUT2D eigenvalue weighted by atomic mass is 10.4. The molecule has 2 nitrogen and oxygen atoms in total. The van der Waals surface area contributed by atoms with Crippen LogP contribution in [0.2, 0.25) is 0 Å². The number of hydrogen-bond donors (Lipinski definition) is 0. The molecule has 0 amide bonds. The van der Waals surface area contributed by atoms with E-state index < -0.39 is 0 Å². The third kappa shape index (κ3) is 5.08. The number of nitrogens with zero attached hydrogens (tertiary/aromatic N) is 2. The fourth-order valence-electron chi connectivity index (χ4n) is 0.227. The fourth-order valence-corrected chi connectivity index (χ4v) is 0.227. The van der Waals surface area contributed by atoms with Gasteiger partial charge in [-0.25, -0.2) is 4.99 Å². The molecule has 0 N–H and O–H groups in total. The summed E-state index contributed by atoms with van der Waals surface area (Å²) in [4.78, 5) is 7.42. The van der Waals surface area contributed by atoms with Gasteiger partial charge < -0.3 is 0 Å². The average Bonchev–Trinajstić information content (AvgIpc) is 1.66. The maximum absolute atomic E-state index is 3.77. The molecule has 2 heteroatoms. The maximum Gasteiger partial charge on any atom is 0.109 e. The Morgan fingerprint density at radius 1 is 1.62 bits per heavy atom. The van der Waals surface area contributed by atoms with Crippen molar-refractivity contribution in [2.75, 3.05) is 7.05 Å². The van der Waals surface area contributed by atoms with Gasteiger partial charge in [-0.2, -0.15) is 0 Å². The van der Waals surface area contributed by atoms with Crippen LogP contribution < -0.4 is 0 Å². The van der Waals surface area contributed by atoms with Gasteiger partial charge in [-0.3, -0.25) is 4.99 Å². The van der Waals surface area contributed by atoms with Crippen LogP contribution in [0.25, 0.3) is 0 Å². The van der Waals surface area contributed by atoms with E-state index in [0.29, 0.717) is 0 Å². The molecule has 0 rings (SSSR count). The van der Waals surface area contributed by atoms with Gasteiger partial charge in [0, 0.05) is 13.3 Å². The predicted octanol–water partition coefficient (Wildman–Crippen LogP) is 1.29. The summed E-state index contributed by atoms with van der Waals surface area (Å²) in [6.45, 7) is 5.50. The van der Waals surface area contributed by atoms with Crippen molar-refractivity contribution in [2.45, 2.75) is 6.92 Å². The van der Waals surface area contributed by atoms with Crippen molar-refractivity contribution in [1.29, 1.82) is 0 Å². The molecule has 0 bridgehead atoms. The van der Waals surface area contributed by atoms with Gasteiger partial charge in [-0.1, -0.05) is 6.58 Å². The van der Waals surface area contributed by atoms with Crippen LogP contribution in [0.5, 0.6) is 0 Å². The molecule has 0 fully saturated rings. The summed E-state index contributed by atoms with van der Waals surface area (Å²) >= 11 is 0. The minimum atomic E-state index is 0.935. The Labute approximate surface area is 49.7 Å². The van der Waals surface area contributed by atoms with Crippen molar-refractivity contribution in [3.8, 4) is 0 Å². The summed E-state index contributed by atoms with van der Waals surface area (Å²) < 4.78 is 0. The molecular formula is C6H10N2. The van der Waals surface area contributed by atoms with Crippen molar-refractivity contribution in [1.82, 2.24) is 0 Å². The SMILES string of the molecule is C=C(C)/C=N\C=N/C. The molecule has 0 aromatic rings. The molecule has 0 aliphatic heterocycles. The van der Waals surface area contributed by atoms with Crippen LogP contribution in [0.1, 0.15) is 6.92 Å². The van der Waals surface area contributed by atoms with Gasteiger partial charge in [-0.15, -0.1) is 0 Å². The standard InChI is InChI=1S/C6H10N2/c1-6(2)4-8-5-7-3/h4-5H,1H2,2-3H3/b7-5-,8-4-. The molecule has 0 spiro atoms. The molecule has 0 unspecified atom stereocenters. The van der Waals surface area contributed by atoms with Gasteiger partial charge in [0.1, 0.15) is 6.34 Å². The fraction of sp³-hybridized carbons (Fsp3) is 0.333. The quantitative estimate of drug-likeness (QED) is 0.378. The van der Waals surface area contributed by atoms with E-state index in [1.165, 1.54) is 6.34 Å². The third-order valence-corrected chi connectivity index (χ3v) is 0.477. The number of aliphatic imine (C=N–C) groups is 2. The zero-order valence-corrected chi connectivity index (χ0v) is 5.26. The molecule has 0 aromatic heterocycles. The van der Waals surface area contributed by atoms with Gasteiger partial charge in [0.15, 0.2) is 0 Å². The Bertz CT molecular complexity index is 122. The van der Waals surface area contributed by atoms with Crippen LogP contribution in [-0.2, 0) is 0 Å². The summed E-state index contributed by atoms with van der Waals surface area (Å²) in [5.74, 6) is 0. The first-order chi connectivity index (χ1) is 3.77. The second-order valence-electron chi connectivity index (χ2n) is 1.50. The largest absolute Gasteiger partial charge is 0.277 e. The highest BCUT2D eigenvalue weighted by Crippen LogP contribution is 1.76. The van der Waals surface area contributed by atoms with E-state index in [1.54, 1.807) is 13.3 Å². The van der Waals surface area contributed by atoms with Crippen LogP contribution in [0.15, 0.2) is 22.1 Å². The molecule has 0 radical (unpaired) electrons. The Morgan fingerprint density at radius 3 is 2.62 bits per heavy atom. The molecule has 0 heterocycles. The molecule has 0 aliphatic carbocycles. The number of allylic oxidation sites excluding steroid dienone is 1. The highest BCUT2D eigenvalue weighted by atomic mass is 14.8. The van der Waals surface area contributed by atoms with E-state index in [4.69, 9.17) is 0 Å². The molecule has 0 saturated heterocycles. The van der Waals surface area contributed by atoms with Crippen LogP contribution >= 0.6 is 0 Å². The molecular weight excluding hydrogens is 100 g/mol. The van der Waals surface area contributed by atoms with Crippen molar-refractivity contribution in [3.05, 3.63) is 12.2 Å². The first-order valence-electron chi connectivity index (χ1n) is 2.36. The minimum Gasteiger partial charge on any atom is -0.277 e. The smallest absolute Gasteiger partial charge is 0.109 e. The second-order valence-corrected chi connectivity index (χ2v) is 1.50. The van der Waals surface area contributed by atoms with Crippen LogP contribution in [0.4, 0.5) is 0 Å². The topological polar surface area (TPSA) is 24.7 Å². The lowest BCUT2D eigenvalue weighted by molar-refractivity contribution is 1.44. The van der Waals surface area contributed by atoms with Crippen molar-refractivity contribution >= 4 is 12.6 Å². The molecule has 0 aliphatic rings. The van der Waals surface area contributed by atoms with Gasteiger partial charge in [0.05, 0.1) is 0 Å². The van der Waals surface area contributed by atoms with Gasteiger partial charge in [-0.05, 0) is 12.5 Å². The monoisotopic (exact) mass is 110 g/mol. The molecule has 44 valence electrons. The zero-order chi connectivity index (χ0) is 6.41. The summed E-state index contributed by atoms with van der Waals surface area (Å²) in [6, 6.07) is 0. The lowest BCUT2D eigenvalue weighted by Crippen LogP contribution is -1.73. The highest BCUT2D eigenvalue weighted by molar-refractivity contribution is 5.83. The van der Waals surface area contributed by atoms with Gasteiger partial charge in [0.25, 0.3) is 0 Å². The van der Waals surface area contributed by atoms with Crippen LogP contribution in [-0.4, -0.2) is 19.6 Å². The van der Waals surface area contributed by atoms with Gasteiger partial charge >= 0.3 is 0 Å². The zero-order valence-electron chi connectivity index (χ0n) is 5.26. The molecule has 0 aromatic carbocycles. The van der Waals surface area contributed by atoms with E-state index in [0.717, 1.165) is 5.57 Å². The van der Waals surface area contributed by atoms with Crippen LogP contribution in [0.3, 0.4) is 0 Å². The average molecular weight is 110 g/mol. The first kappa shape index (κ1) is 7.08. The van der Waals surface area contributed by atoms with Crippen molar-refractivity contribution in [3.63, 3.8) is 0 Å². The first-order valence-corrected chi connectivity index (χ1v) is 2.36. The Morgan fingerprint density at radius 2 is 2.25 bits per heavy atom. The minimum absolute atomic E-state index is 0.935. The molecule has 0 saturated carbocycles. The van der Waals surface area contributed by atoms with Crippen molar-refractivity contribution in [2.24, 2.45) is 9.98 Å². The summed E-state index contributed by atoms with van der Waals surface area (Å²) in [5.41, 5.74) is 0.935. The molecule has 8 heavy (non-hydrogen) atoms. The van der Waals surface area contributed by atoms with Crippen LogP contribution in [0, 0.1) is 0 Å². The predicted molar refractivity (Wildman–Crippen MR) is 37.7 cm³/mol. The van der Waals surface area contributed by atoms with E-state index in [9.17, 15) is 0 Å². The second kappa shape index (κ2) is 4.24. The highest BCUT2D eigenvalue weighted by Gasteiger charge is 1.68. The van der Waals surface area contributed by atoms with Gasteiger partial charge in [0.2, 0.25) is 0 Å². The normalized spacial score (nSPS) is 11.2. The van der Waals surface area contributed by atoms with E-state index in [2.05, 4.69) is 16.6 Å². The van der Waals surface area contributed by atoms with Crippen molar-refractivity contribution < 1.29 is 0 Å². The van der Waals surface area contributed by atoms with E-state index >= 15 is 0 Å². The summed E-state index contributed by atoms with van der Waals surface area (Å²) in [5, 5.41) is 0. The molecule has 0 atom stereocenters. The summed E-state index contributed by atoms with van der Waals surface area (Å²) in [6.07, 6.45) is 3.14. The Balaban J connectivity index is 3.50. The number of rotatable bonds is 2. The Hall–Kier alpha value is -0.920.